The highest BCUT2D eigenvalue weighted by molar-refractivity contribution is 6.22. The van der Waals surface area contributed by atoms with E-state index in [1.807, 2.05) is 19.1 Å². The number of rotatable bonds is 7. The molecule has 9 heteroatoms. The molecule has 0 unspecified atom stereocenters. The second kappa shape index (κ2) is 10.0. The van der Waals surface area contributed by atoms with Crippen LogP contribution >= 0.6 is 0 Å². The van der Waals surface area contributed by atoms with Crippen LogP contribution in [0, 0.1) is 17.8 Å². The lowest BCUT2D eigenvalue weighted by molar-refractivity contribution is -0.123. The van der Waals surface area contributed by atoms with Gasteiger partial charge >= 0.3 is 5.97 Å². The van der Waals surface area contributed by atoms with E-state index >= 15 is 0 Å². The lowest BCUT2D eigenvalue weighted by Gasteiger charge is -2.22. The molecule has 1 heterocycles. The number of ether oxygens (including phenoxy) is 3. The Morgan fingerprint density at radius 3 is 2.43 bits per heavy atom. The monoisotopic (exact) mass is 478 g/mol. The van der Waals surface area contributed by atoms with E-state index in [2.05, 4.69) is 5.32 Å². The molecule has 0 spiro atoms. The van der Waals surface area contributed by atoms with Crippen molar-refractivity contribution in [1.82, 2.24) is 0 Å². The Morgan fingerprint density at radius 2 is 1.77 bits per heavy atom. The van der Waals surface area contributed by atoms with Crippen molar-refractivity contribution in [3.05, 3.63) is 60.2 Å². The zero-order chi connectivity index (χ0) is 25.1. The number of hydrogen-bond donors (Lipinski definition) is 1. The predicted molar refractivity (Wildman–Crippen MR) is 127 cm³/mol. The number of hydrogen-bond acceptors (Lipinski definition) is 7. The standard InChI is InChI=1S/C26H26N2O7/c1-15-5-4-6-19-23(15)25(31)28(24(19)30)17-9-7-16(8-10-17)26(32)35-14-22(29)27-20-13-18(33-2)11-12-21(20)34-3/h4-5,7-13,15,19,23H,6,14H2,1-3H3,(H,27,29)/t15-,19+,23+/m0/s1. The van der Waals surface area contributed by atoms with Gasteiger partial charge in [-0.2, -0.15) is 0 Å². The lowest BCUT2D eigenvalue weighted by atomic mass is 9.78. The zero-order valence-corrected chi connectivity index (χ0v) is 19.6. The summed E-state index contributed by atoms with van der Waals surface area (Å²) in [6.45, 7) is 1.42. The van der Waals surface area contributed by atoms with Crippen LogP contribution in [-0.4, -0.2) is 44.5 Å². The highest BCUT2D eigenvalue weighted by atomic mass is 16.5. The summed E-state index contributed by atoms with van der Waals surface area (Å²) in [7, 11) is 2.97. The number of methoxy groups -OCH3 is 2. The SMILES string of the molecule is COc1ccc(OC)c(NC(=O)COC(=O)c2ccc(N3C(=O)[C@@H]4[C@@H](C)C=CC[C@H]4C3=O)cc2)c1. The van der Waals surface area contributed by atoms with E-state index < -0.39 is 18.5 Å². The maximum atomic E-state index is 12.9. The Kier molecular flexibility index (Phi) is 6.86. The van der Waals surface area contributed by atoms with Gasteiger partial charge in [0, 0.05) is 6.07 Å². The summed E-state index contributed by atoms with van der Waals surface area (Å²) in [6, 6.07) is 10.9. The molecule has 1 aliphatic heterocycles. The molecule has 182 valence electrons. The fourth-order valence-corrected chi connectivity index (χ4v) is 4.46. The van der Waals surface area contributed by atoms with Gasteiger partial charge in [0.05, 0.1) is 43.0 Å². The van der Waals surface area contributed by atoms with Gasteiger partial charge in [0.2, 0.25) is 11.8 Å². The van der Waals surface area contributed by atoms with E-state index in [1.54, 1.807) is 18.2 Å². The first-order valence-corrected chi connectivity index (χ1v) is 11.2. The lowest BCUT2D eigenvalue weighted by Crippen LogP contribution is -2.31. The van der Waals surface area contributed by atoms with Gasteiger partial charge in [-0.3, -0.25) is 19.3 Å². The average molecular weight is 479 g/mol. The van der Waals surface area contributed by atoms with Crippen molar-refractivity contribution >= 4 is 35.1 Å². The first-order chi connectivity index (χ1) is 16.8. The third-order valence-corrected chi connectivity index (χ3v) is 6.25. The van der Waals surface area contributed by atoms with Crippen molar-refractivity contribution in [2.24, 2.45) is 17.8 Å². The Morgan fingerprint density at radius 1 is 1.03 bits per heavy atom. The van der Waals surface area contributed by atoms with Crippen molar-refractivity contribution in [2.75, 3.05) is 31.0 Å². The molecule has 2 aromatic rings. The summed E-state index contributed by atoms with van der Waals surface area (Å²) in [5.41, 5.74) is 0.968. The molecule has 35 heavy (non-hydrogen) atoms. The first-order valence-electron chi connectivity index (χ1n) is 11.2. The van der Waals surface area contributed by atoms with Gasteiger partial charge in [0.1, 0.15) is 11.5 Å². The number of fused-ring (bicyclic) bond motifs is 1. The summed E-state index contributed by atoms with van der Waals surface area (Å²) in [4.78, 5) is 51.7. The molecular formula is C26H26N2O7. The molecule has 2 aromatic carbocycles. The molecule has 3 amide bonds. The van der Waals surface area contributed by atoms with Crippen LogP contribution in [0.3, 0.4) is 0 Å². The number of carbonyl (C=O) groups is 4. The number of allylic oxidation sites excluding steroid dienone is 2. The van der Waals surface area contributed by atoms with Crippen molar-refractivity contribution in [1.29, 1.82) is 0 Å². The topological polar surface area (TPSA) is 111 Å². The molecule has 4 rings (SSSR count). The second-order valence-corrected chi connectivity index (χ2v) is 8.40. The number of nitrogens with one attached hydrogen (secondary N) is 1. The van der Waals surface area contributed by atoms with E-state index in [0.717, 1.165) is 0 Å². The van der Waals surface area contributed by atoms with Crippen LogP contribution < -0.4 is 19.7 Å². The van der Waals surface area contributed by atoms with Gasteiger partial charge in [0.15, 0.2) is 6.61 Å². The zero-order valence-electron chi connectivity index (χ0n) is 19.6. The third-order valence-electron chi connectivity index (χ3n) is 6.25. The van der Waals surface area contributed by atoms with E-state index in [9.17, 15) is 19.2 Å². The molecule has 1 N–H and O–H groups in total. The summed E-state index contributed by atoms with van der Waals surface area (Å²) >= 11 is 0. The molecule has 3 atom stereocenters. The molecule has 1 aliphatic carbocycles. The normalized spacial score (nSPS) is 20.9. The Labute approximate surface area is 202 Å². The minimum atomic E-state index is -0.713. The number of esters is 1. The Bertz CT molecular complexity index is 1190. The number of imide groups is 1. The maximum Gasteiger partial charge on any atom is 0.338 e. The van der Waals surface area contributed by atoms with Crippen molar-refractivity contribution in [3.63, 3.8) is 0 Å². The van der Waals surface area contributed by atoms with Crippen LogP contribution in [0.4, 0.5) is 11.4 Å². The van der Waals surface area contributed by atoms with E-state index in [0.29, 0.717) is 29.3 Å². The van der Waals surface area contributed by atoms with Gasteiger partial charge in [-0.15, -0.1) is 0 Å². The summed E-state index contributed by atoms with van der Waals surface area (Å²) in [6.07, 6.45) is 4.46. The van der Waals surface area contributed by atoms with Gasteiger partial charge in [0.25, 0.3) is 5.91 Å². The van der Waals surface area contributed by atoms with Crippen molar-refractivity contribution in [3.8, 4) is 11.5 Å². The fourth-order valence-electron chi connectivity index (χ4n) is 4.46. The second-order valence-electron chi connectivity index (χ2n) is 8.40. The number of carbonyl (C=O) groups excluding carboxylic acids is 4. The van der Waals surface area contributed by atoms with Crippen LogP contribution in [0.15, 0.2) is 54.6 Å². The van der Waals surface area contributed by atoms with Crippen LogP contribution in [0.1, 0.15) is 23.7 Å². The largest absolute Gasteiger partial charge is 0.497 e. The molecule has 9 nitrogen and oxygen atoms in total. The Balaban J connectivity index is 1.37. The molecule has 2 aliphatic rings. The van der Waals surface area contributed by atoms with Gasteiger partial charge < -0.3 is 19.5 Å². The maximum absolute atomic E-state index is 12.9. The van der Waals surface area contributed by atoms with Gasteiger partial charge in [-0.1, -0.05) is 19.1 Å². The van der Waals surface area contributed by atoms with Gasteiger partial charge in [-0.25, -0.2) is 4.79 Å². The third kappa shape index (κ3) is 4.75. The summed E-state index contributed by atoms with van der Waals surface area (Å²) in [5.74, 6) is -1.49. The van der Waals surface area contributed by atoms with E-state index in [1.165, 1.54) is 43.4 Å². The minimum Gasteiger partial charge on any atom is -0.497 e. The smallest absolute Gasteiger partial charge is 0.338 e. The highest BCUT2D eigenvalue weighted by Crippen LogP contribution is 2.40. The number of benzene rings is 2. The minimum absolute atomic E-state index is 0.00691. The first kappa shape index (κ1) is 24.0. The number of amides is 3. The highest BCUT2D eigenvalue weighted by Gasteiger charge is 2.50. The molecular weight excluding hydrogens is 452 g/mol. The molecule has 0 aromatic heterocycles. The van der Waals surface area contributed by atoms with Crippen LogP contribution in [0.2, 0.25) is 0 Å². The van der Waals surface area contributed by atoms with Gasteiger partial charge in [-0.05, 0) is 48.7 Å². The number of nitrogens with zero attached hydrogens (tertiary/aromatic N) is 1. The van der Waals surface area contributed by atoms with E-state index in [-0.39, 0.29) is 35.1 Å². The van der Waals surface area contributed by atoms with Crippen LogP contribution in [0.5, 0.6) is 11.5 Å². The molecule has 1 fully saturated rings. The average Bonchev–Trinajstić information content (AvgIpc) is 3.13. The fraction of sp³-hybridized carbons (Fsp3) is 0.308. The quantitative estimate of drug-likeness (QED) is 0.370. The summed E-state index contributed by atoms with van der Waals surface area (Å²) in [5, 5.41) is 2.62. The Hall–Kier alpha value is -4.14. The molecule has 0 radical (unpaired) electrons. The van der Waals surface area contributed by atoms with Crippen molar-refractivity contribution in [2.45, 2.75) is 13.3 Å². The predicted octanol–water partition coefficient (Wildman–Crippen LogP) is 3.20. The van der Waals surface area contributed by atoms with Crippen molar-refractivity contribution < 1.29 is 33.4 Å². The molecule has 1 saturated heterocycles. The number of anilines is 2. The molecule has 0 bridgehead atoms. The van der Waals surface area contributed by atoms with Crippen LogP contribution in [0.25, 0.3) is 0 Å². The van der Waals surface area contributed by atoms with E-state index in [4.69, 9.17) is 14.2 Å². The molecule has 0 saturated carbocycles. The summed E-state index contributed by atoms with van der Waals surface area (Å²) < 4.78 is 15.5. The van der Waals surface area contributed by atoms with Crippen LogP contribution in [-0.2, 0) is 19.1 Å².